The summed E-state index contributed by atoms with van der Waals surface area (Å²) in [6, 6.07) is 3.09. The lowest BCUT2D eigenvalue weighted by molar-refractivity contribution is -0.394. The van der Waals surface area contributed by atoms with E-state index in [1.54, 1.807) is 0 Å². The van der Waals surface area contributed by atoms with Gasteiger partial charge in [-0.3, -0.25) is 25.0 Å². The number of carbonyl (C=O) groups is 1. The van der Waals surface area contributed by atoms with Crippen LogP contribution in [0, 0.1) is 20.2 Å². The molecule has 0 atom stereocenters. The van der Waals surface area contributed by atoms with Gasteiger partial charge in [-0.1, -0.05) is 51.9 Å². The normalized spacial score (nSPS) is 10.5. The number of Topliss-reactive ketones (excluding diaryl/α,β-unsaturated/α-hetero) is 1. The highest BCUT2D eigenvalue weighted by Crippen LogP contribution is 2.24. The van der Waals surface area contributed by atoms with Crippen molar-refractivity contribution in [3.8, 4) is 0 Å². The maximum absolute atomic E-state index is 12.1. The fraction of sp³-hybridized carbons (Fsp3) is 0.588. The second-order valence-electron chi connectivity index (χ2n) is 5.90. The monoisotopic (exact) mass is 336 g/mol. The van der Waals surface area contributed by atoms with Crippen LogP contribution in [0.5, 0.6) is 0 Å². The van der Waals surface area contributed by atoms with Crippen molar-refractivity contribution in [1.29, 1.82) is 0 Å². The topological polar surface area (TPSA) is 103 Å². The first-order valence-corrected chi connectivity index (χ1v) is 8.42. The molecule has 0 aliphatic rings. The summed E-state index contributed by atoms with van der Waals surface area (Å²) in [7, 11) is 0. The van der Waals surface area contributed by atoms with Crippen molar-refractivity contribution in [1.82, 2.24) is 0 Å². The Morgan fingerprint density at radius 2 is 1.29 bits per heavy atom. The molecule has 0 bridgehead atoms. The summed E-state index contributed by atoms with van der Waals surface area (Å²) in [6.45, 7) is 2.17. The number of hydrogen-bond acceptors (Lipinski definition) is 5. The predicted octanol–water partition coefficient (Wildman–Crippen LogP) is 5.22. The smallest absolute Gasteiger partial charge is 0.277 e. The zero-order valence-electron chi connectivity index (χ0n) is 14.0. The predicted molar refractivity (Wildman–Crippen MR) is 91.3 cm³/mol. The molecule has 0 saturated carbocycles. The molecule has 132 valence electrons. The lowest BCUT2D eigenvalue weighted by atomic mass is 10.0. The highest BCUT2D eigenvalue weighted by molar-refractivity contribution is 5.97. The first-order valence-electron chi connectivity index (χ1n) is 8.42. The third kappa shape index (κ3) is 6.85. The van der Waals surface area contributed by atoms with Crippen molar-refractivity contribution < 1.29 is 14.6 Å². The summed E-state index contributed by atoms with van der Waals surface area (Å²) in [5, 5.41) is 21.7. The maximum atomic E-state index is 12.1. The summed E-state index contributed by atoms with van der Waals surface area (Å²) >= 11 is 0. The van der Waals surface area contributed by atoms with Gasteiger partial charge in [-0.15, -0.1) is 0 Å². The summed E-state index contributed by atoms with van der Waals surface area (Å²) < 4.78 is 0. The van der Waals surface area contributed by atoms with Gasteiger partial charge in [0.1, 0.15) is 0 Å². The standard InChI is InChI=1S/C17H24N2O5/c1-2-3-4-5-6-7-8-9-10-17(20)14-11-15(18(21)22)13-16(12-14)19(23)24/h11-13H,2-10H2,1H3. The van der Waals surface area contributed by atoms with E-state index >= 15 is 0 Å². The summed E-state index contributed by atoms with van der Waals surface area (Å²) in [5.74, 6) is -0.284. The van der Waals surface area contributed by atoms with Gasteiger partial charge in [0.25, 0.3) is 11.4 Å². The minimum atomic E-state index is -0.722. The number of hydrogen-bond donors (Lipinski definition) is 0. The van der Waals surface area contributed by atoms with E-state index in [-0.39, 0.29) is 17.8 Å². The van der Waals surface area contributed by atoms with E-state index < -0.39 is 21.2 Å². The van der Waals surface area contributed by atoms with Crippen molar-refractivity contribution in [2.24, 2.45) is 0 Å². The van der Waals surface area contributed by atoms with Gasteiger partial charge in [0.2, 0.25) is 0 Å². The Hall–Kier alpha value is -2.31. The first kappa shape index (κ1) is 19.7. The van der Waals surface area contributed by atoms with Crippen LogP contribution >= 0.6 is 0 Å². The number of carbonyl (C=O) groups excluding carboxylic acids is 1. The molecule has 0 heterocycles. The second kappa shape index (κ2) is 10.5. The average molecular weight is 336 g/mol. The number of nitrogens with zero attached hydrogens (tertiary/aromatic N) is 2. The lowest BCUT2D eigenvalue weighted by Gasteiger charge is -2.03. The molecule has 0 amide bonds. The van der Waals surface area contributed by atoms with Gasteiger partial charge < -0.3 is 0 Å². The first-order chi connectivity index (χ1) is 11.5. The highest BCUT2D eigenvalue weighted by Gasteiger charge is 2.19. The summed E-state index contributed by atoms with van der Waals surface area (Å²) in [5.41, 5.74) is -0.814. The van der Waals surface area contributed by atoms with Crippen molar-refractivity contribution >= 4 is 17.2 Å². The third-order valence-corrected chi connectivity index (χ3v) is 3.90. The molecule has 0 aromatic heterocycles. The number of benzene rings is 1. The molecule has 0 unspecified atom stereocenters. The van der Waals surface area contributed by atoms with E-state index in [0.717, 1.165) is 37.5 Å². The van der Waals surface area contributed by atoms with Crippen LogP contribution in [0.25, 0.3) is 0 Å². The number of rotatable bonds is 12. The van der Waals surface area contributed by atoms with Gasteiger partial charge in [0, 0.05) is 24.1 Å². The van der Waals surface area contributed by atoms with Crippen LogP contribution < -0.4 is 0 Å². The molecule has 0 spiro atoms. The number of ketones is 1. The number of nitro benzene ring substituents is 2. The van der Waals surface area contributed by atoms with Crippen molar-refractivity contribution in [2.45, 2.75) is 64.7 Å². The molecule has 0 radical (unpaired) electrons. The van der Waals surface area contributed by atoms with Crippen LogP contribution in [0.2, 0.25) is 0 Å². The summed E-state index contributed by atoms with van der Waals surface area (Å²) in [6.07, 6.45) is 9.01. The molecule has 0 fully saturated rings. The summed E-state index contributed by atoms with van der Waals surface area (Å²) in [4.78, 5) is 32.3. The van der Waals surface area contributed by atoms with Crippen LogP contribution in [0.1, 0.15) is 75.1 Å². The van der Waals surface area contributed by atoms with Crippen molar-refractivity contribution in [2.75, 3.05) is 0 Å². The van der Waals surface area contributed by atoms with E-state index in [2.05, 4.69) is 6.92 Å². The Kier molecular flexibility index (Phi) is 8.60. The zero-order chi connectivity index (χ0) is 17.9. The Morgan fingerprint density at radius 1 is 0.833 bits per heavy atom. The van der Waals surface area contributed by atoms with Crippen LogP contribution in [-0.4, -0.2) is 15.6 Å². The van der Waals surface area contributed by atoms with Gasteiger partial charge in [0.15, 0.2) is 5.78 Å². The minimum Gasteiger partial charge on any atom is -0.294 e. The molecule has 0 saturated heterocycles. The van der Waals surface area contributed by atoms with Gasteiger partial charge in [0.05, 0.1) is 15.9 Å². The van der Waals surface area contributed by atoms with Gasteiger partial charge in [-0.05, 0) is 6.42 Å². The Bertz CT molecular complexity index is 554. The largest absolute Gasteiger partial charge is 0.294 e. The molecule has 24 heavy (non-hydrogen) atoms. The molecule has 1 rings (SSSR count). The molecule has 0 N–H and O–H groups in total. The van der Waals surface area contributed by atoms with Crippen molar-refractivity contribution in [3.05, 3.63) is 44.0 Å². The Labute approximate surface area is 141 Å². The van der Waals surface area contributed by atoms with Crippen molar-refractivity contribution in [3.63, 3.8) is 0 Å². The number of unbranched alkanes of at least 4 members (excludes halogenated alkanes) is 7. The molecule has 7 nitrogen and oxygen atoms in total. The fourth-order valence-corrected chi connectivity index (χ4v) is 2.53. The molecule has 1 aromatic rings. The van der Waals surface area contributed by atoms with Gasteiger partial charge in [-0.2, -0.15) is 0 Å². The molecule has 0 aliphatic carbocycles. The molecule has 7 heteroatoms. The zero-order valence-corrected chi connectivity index (χ0v) is 14.0. The van der Waals surface area contributed by atoms with Crippen LogP contribution in [-0.2, 0) is 0 Å². The van der Waals surface area contributed by atoms with Crippen LogP contribution in [0.4, 0.5) is 11.4 Å². The van der Waals surface area contributed by atoms with E-state index in [1.807, 2.05) is 0 Å². The average Bonchev–Trinajstić information content (AvgIpc) is 2.56. The molecule has 1 aromatic carbocycles. The Balaban J connectivity index is 2.49. The number of nitro groups is 2. The van der Waals surface area contributed by atoms with E-state index in [1.165, 1.54) is 25.7 Å². The fourth-order valence-electron chi connectivity index (χ4n) is 2.53. The quantitative estimate of drug-likeness (QED) is 0.225. The van der Waals surface area contributed by atoms with Crippen LogP contribution in [0.15, 0.2) is 18.2 Å². The van der Waals surface area contributed by atoms with Gasteiger partial charge >= 0.3 is 0 Å². The molecular formula is C17H24N2O5. The lowest BCUT2D eigenvalue weighted by Crippen LogP contribution is -2.02. The van der Waals surface area contributed by atoms with E-state index in [9.17, 15) is 25.0 Å². The third-order valence-electron chi connectivity index (χ3n) is 3.90. The minimum absolute atomic E-state index is 0.0406. The van der Waals surface area contributed by atoms with Crippen LogP contribution in [0.3, 0.4) is 0 Å². The maximum Gasteiger partial charge on any atom is 0.277 e. The molecule has 0 aliphatic heterocycles. The second-order valence-corrected chi connectivity index (χ2v) is 5.90. The number of non-ortho nitro benzene ring substituents is 2. The highest BCUT2D eigenvalue weighted by atomic mass is 16.6. The molecular weight excluding hydrogens is 312 g/mol. The SMILES string of the molecule is CCCCCCCCCCC(=O)c1cc([N+](=O)[O-])cc([N+](=O)[O-])c1. The van der Waals surface area contributed by atoms with Gasteiger partial charge in [-0.25, -0.2) is 0 Å². The Morgan fingerprint density at radius 3 is 1.75 bits per heavy atom. The van der Waals surface area contributed by atoms with E-state index in [0.29, 0.717) is 6.42 Å². The van der Waals surface area contributed by atoms with E-state index in [4.69, 9.17) is 0 Å².